The maximum absolute atomic E-state index is 13.8. The minimum absolute atomic E-state index is 0.00635. The Morgan fingerprint density at radius 2 is 1.66 bits per heavy atom. The average Bonchev–Trinajstić information content (AvgIpc) is 3.58. The van der Waals surface area contributed by atoms with E-state index >= 15 is 0 Å². The van der Waals surface area contributed by atoms with Gasteiger partial charge in [0.25, 0.3) is 0 Å². The first-order valence-corrected chi connectivity index (χ1v) is 16.1. The highest BCUT2D eigenvalue weighted by molar-refractivity contribution is 6.07. The molecule has 3 heterocycles. The smallest absolute Gasteiger partial charge is 0.490 e. The maximum atomic E-state index is 13.8. The van der Waals surface area contributed by atoms with E-state index in [0.29, 0.717) is 6.42 Å². The van der Waals surface area contributed by atoms with Crippen molar-refractivity contribution in [1.82, 2.24) is 30.2 Å². The van der Waals surface area contributed by atoms with E-state index in [2.05, 4.69) is 20.9 Å². The fraction of sp³-hybridized carbons (Fsp3) is 0.242. The number of benzene rings is 2. The summed E-state index contributed by atoms with van der Waals surface area (Å²) in [6, 6.07) is 1.85. The lowest BCUT2D eigenvalue weighted by Crippen LogP contribution is -2.43. The monoisotopic (exact) mass is 820 g/mol. The second-order valence-corrected chi connectivity index (χ2v) is 12.0. The van der Waals surface area contributed by atoms with E-state index < -0.39 is 94.0 Å². The molecule has 0 bridgehead atoms. The van der Waals surface area contributed by atoms with Crippen LogP contribution in [0.25, 0.3) is 33.0 Å². The number of phenolic OH excluding ortho intramolecular Hbond substituents is 4. The number of alkyl halides is 3. The number of nitrogens with zero attached hydrogens (tertiary/aromatic N) is 4. The Kier molecular flexibility index (Phi) is 12.8. The number of pyridine rings is 1. The highest BCUT2D eigenvalue weighted by Gasteiger charge is 2.38. The van der Waals surface area contributed by atoms with Crippen LogP contribution < -0.4 is 27.2 Å². The molecule has 308 valence electrons. The number of hydrogen-bond acceptors (Lipinski definition) is 15. The first-order chi connectivity index (χ1) is 27.1. The van der Waals surface area contributed by atoms with E-state index in [-0.39, 0.29) is 52.2 Å². The first-order valence-electron chi connectivity index (χ1n) is 16.1. The quantitative estimate of drug-likeness (QED) is 0.0270. The average molecular weight is 821 g/mol. The molecule has 0 unspecified atom stereocenters. The zero-order valence-corrected chi connectivity index (χ0v) is 29.5. The van der Waals surface area contributed by atoms with E-state index in [1.165, 1.54) is 24.0 Å². The van der Waals surface area contributed by atoms with Crippen molar-refractivity contribution >= 4 is 51.6 Å². The summed E-state index contributed by atoms with van der Waals surface area (Å²) in [6.07, 6.45) is -1.32. The van der Waals surface area contributed by atoms with Gasteiger partial charge in [-0.15, -0.1) is 5.10 Å². The standard InChI is InChI=1S/C31H30N8O12.C2HF3O2/c1-38-9-15(26(44)14-5-19(40)20(41)6-18(14)38)16-12-50-22-7-21(42)28(46)25(24(22)27(16)45)30(49)51-11-13-8-39(37-36-13)10-23(43)35-17(29(47)48)3-2-4-34-31(32)33;3-2(4,5)1(6)7/h5-9,12,17,40-42,46H,2-4,10-11H2,1H3,(H,35,43)(H,47,48)(H4,32,33,34);(H,6,7)/t17-;/m0./s1. The number of carbonyl (C=O) groups excluding carboxylic acids is 2. The van der Waals surface area contributed by atoms with Crippen molar-refractivity contribution in [3.8, 4) is 34.1 Å². The van der Waals surface area contributed by atoms with E-state index in [0.717, 1.165) is 29.1 Å². The Balaban J connectivity index is 0.000000973. The van der Waals surface area contributed by atoms with Crippen LogP contribution in [0.3, 0.4) is 0 Å². The van der Waals surface area contributed by atoms with Crippen molar-refractivity contribution in [3.63, 3.8) is 0 Å². The highest BCUT2D eigenvalue weighted by Crippen LogP contribution is 2.36. The number of carbonyl (C=O) groups is 4. The summed E-state index contributed by atoms with van der Waals surface area (Å²) < 4.78 is 44.9. The molecule has 0 aliphatic heterocycles. The van der Waals surface area contributed by atoms with Crippen LogP contribution in [0, 0.1) is 5.41 Å². The first kappa shape index (κ1) is 42.9. The zero-order chi connectivity index (χ0) is 43.2. The number of aryl methyl sites for hydroxylation is 1. The van der Waals surface area contributed by atoms with Crippen molar-refractivity contribution < 1.29 is 72.1 Å². The lowest BCUT2D eigenvalue weighted by Gasteiger charge is -2.14. The number of esters is 1. The summed E-state index contributed by atoms with van der Waals surface area (Å²) in [5, 5.41) is 76.3. The van der Waals surface area contributed by atoms with E-state index in [1.807, 2.05) is 0 Å². The number of nitrogens with one attached hydrogen (secondary N) is 3. The van der Waals surface area contributed by atoms with Gasteiger partial charge in [0.05, 0.1) is 33.6 Å². The van der Waals surface area contributed by atoms with Crippen LogP contribution in [0.15, 0.2) is 50.9 Å². The molecule has 58 heavy (non-hydrogen) atoms. The second-order valence-electron chi connectivity index (χ2n) is 12.0. The molecule has 0 saturated heterocycles. The minimum Gasteiger partial charge on any atom is -0.504 e. The number of carboxylic acid groups (broad SMARTS) is 2. The number of halogens is 3. The summed E-state index contributed by atoms with van der Waals surface area (Å²) >= 11 is 0. The Hall–Kier alpha value is -7.86. The molecule has 3 aromatic heterocycles. The predicted molar refractivity (Wildman–Crippen MR) is 189 cm³/mol. The number of guanidine groups is 1. The van der Waals surface area contributed by atoms with Gasteiger partial charge in [-0.2, -0.15) is 13.2 Å². The number of amides is 1. The molecule has 5 rings (SSSR count). The van der Waals surface area contributed by atoms with Gasteiger partial charge in [0.1, 0.15) is 42.3 Å². The van der Waals surface area contributed by atoms with Crippen molar-refractivity contribution in [3.05, 3.63) is 68.6 Å². The third-order valence-electron chi connectivity index (χ3n) is 7.90. The molecule has 25 heteroatoms. The molecule has 2 aromatic carbocycles. The van der Waals surface area contributed by atoms with Gasteiger partial charge in [0.2, 0.25) is 11.3 Å². The lowest BCUT2D eigenvalue weighted by atomic mass is 10.0. The number of hydrogen-bond donors (Lipinski definition) is 10. The number of carboxylic acids is 2. The molecular weight excluding hydrogens is 789 g/mol. The fourth-order valence-corrected chi connectivity index (χ4v) is 5.21. The third-order valence-corrected chi connectivity index (χ3v) is 7.90. The van der Waals surface area contributed by atoms with Gasteiger partial charge in [-0.1, -0.05) is 5.21 Å². The van der Waals surface area contributed by atoms with Gasteiger partial charge < -0.3 is 60.7 Å². The number of phenols is 4. The SMILES string of the molecule is Cn1cc(-c2coc3cc(O)c(O)c(C(=O)OCc4cn(CC(=O)N[C@@H](CCCNC(=N)N)C(=O)O)nn4)c3c2=O)c(=O)c2cc(O)c(O)cc21.O=C(O)C(F)(F)F. The predicted octanol–water partition coefficient (Wildman–Crippen LogP) is 0.549. The molecule has 0 spiro atoms. The number of rotatable bonds is 12. The Morgan fingerprint density at radius 1 is 1.00 bits per heavy atom. The lowest BCUT2D eigenvalue weighted by molar-refractivity contribution is -0.192. The van der Waals surface area contributed by atoms with Crippen LogP contribution in [0.4, 0.5) is 13.2 Å². The van der Waals surface area contributed by atoms with E-state index in [4.69, 9.17) is 30.2 Å². The molecule has 0 saturated carbocycles. The van der Waals surface area contributed by atoms with Crippen LogP contribution in [-0.2, 0) is 39.3 Å². The van der Waals surface area contributed by atoms with Gasteiger partial charge in [-0.25, -0.2) is 19.1 Å². The van der Waals surface area contributed by atoms with Crippen LogP contribution >= 0.6 is 0 Å². The van der Waals surface area contributed by atoms with Crippen molar-refractivity contribution in [2.24, 2.45) is 12.8 Å². The number of ether oxygens (including phenoxy) is 1. The van der Waals surface area contributed by atoms with Gasteiger partial charge in [0.15, 0.2) is 34.4 Å². The number of fused-ring (bicyclic) bond motifs is 2. The third kappa shape index (κ3) is 9.86. The van der Waals surface area contributed by atoms with Gasteiger partial charge in [-0.3, -0.25) is 19.8 Å². The van der Waals surface area contributed by atoms with Gasteiger partial charge in [-0.05, 0) is 18.9 Å². The van der Waals surface area contributed by atoms with Crippen LogP contribution in [0.2, 0.25) is 0 Å². The topological polar surface area (TPSA) is 356 Å². The van der Waals surface area contributed by atoms with Crippen molar-refractivity contribution in [2.45, 2.75) is 38.2 Å². The van der Waals surface area contributed by atoms with Crippen LogP contribution in [0.5, 0.6) is 23.0 Å². The summed E-state index contributed by atoms with van der Waals surface area (Å²) in [4.78, 5) is 73.4. The summed E-state index contributed by atoms with van der Waals surface area (Å²) in [5.74, 6) is -9.22. The van der Waals surface area contributed by atoms with Crippen LogP contribution in [-0.4, -0.2) is 98.7 Å². The van der Waals surface area contributed by atoms with Crippen LogP contribution in [0.1, 0.15) is 28.9 Å². The highest BCUT2D eigenvalue weighted by atomic mass is 19.4. The number of aromatic hydroxyl groups is 4. The Labute approximate surface area is 319 Å². The molecule has 0 fully saturated rings. The van der Waals surface area contributed by atoms with Crippen molar-refractivity contribution in [1.29, 1.82) is 5.41 Å². The Bertz CT molecular complexity index is 2570. The molecule has 0 radical (unpaired) electrons. The van der Waals surface area contributed by atoms with Gasteiger partial charge in [0, 0.05) is 31.9 Å². The molecule has 5 aromatic rings. The molecule has 22 nitrogen and oxygen atoms in total. The molecule has 11 N–H and O–H groups in total. The van der Waals surface area contributed by atoms with Crippen molar-refractivity contribution in [2.75, 3.05) is 6.54 Å². The zero-order valence-electron chi connectivity index (χ0n) is 29.5. The fourth-order valence-electron chi connectivity index (χ4n) is 5.21. The number of aliphatic carboxylic acids is 2. The maximum Gasteiger partial charge on any atom is 0.490 e. The largest absolute Gasteiger partial charge is 0.504 e. The molecule has 1 atom stereocenters. The number of nitrogens with two attached hydrogens (primary N) is 1. The molecule has 1 amide bonds. The summed E-state index contributed by atoms with van der Waals surface area (Å²) in [6.45, 7) is -0.816. The van der Waals surface area contributed by atoms with Gasteiger partial charge >= 0.3 is 24.1 Å². The molecule has 0 aliphatic rings. The van der Waals surface area contributed by atoms with E-state index in [9.17, 15) is 62.7 Å². The molecule has 0 aliphatic carbocycles. The minimum atomic E-state index is -5.08. The Morgan fingerprint density at radius 3 is 2.28 bits per heavy atom. The van der Waals surface area contributed by atoms with E-state index in [1.54, 1.807) is 0 Å². The summed E-state index contributed by atoms with van der Waals surface area (Å²) in [7, 11) is 1.52. The number of aromatic nitrogens is 4. The summed E-state index contributed by atoms with van der Waals surface area (Å²) in [5.41, 5.74) is 2.07. The molecular formula is C33H31F3N8O14. The normalized spacial score (nSPS) is 11.7. The second kappa shape index (κ2) is 17.3.